The zero-order valence-electron chi connectivity index (χ0n) is 16.1. The summed E-state index contributed by atoms with van der Waals surface area (Å²) in [4.78, 5) is 17.6. The minimum absolute atomic E-state index is 0. The van der Waals surface area contributed by atoms with Crippen molar-refractivity contribution in [3.05, 3.63) is 82.8 Å². The summed E-state index contributed by atoms with van der Waals surface area (Å²) in [5.41, 5.74) is 9.03. The first kappa shape index (κ1) is 19.1. The topological polar surface area (TPSA) is 57.4 Å². The molecule has 0 fully saturated rings. The number of fused-ring (bicyclic) bond motifs is 8. The highest BCUT2D eigenvalue weighted by atomic mass is 32.1. The Kier molecular flexibility index (Phi) is 4.90. The van der Waals surface area contributed by atoms with Crippen LogP contribution in [0.25, 0.3) is 56.8 Å². The average Bonchev–Trinajstić information content (AvgIpc) is 3.50. The van der Waals surface area contributed by atoms with Crippen LogP contribution in [0.1, 0.15) is 22.8 Å². The molecule has 2 radical (unpaired) electrons. The SMILES string of the molecule is C1=Cc2cc3ccc(cc4cc(-c5cccs5)c(cc5nc(cc1n2)C=C5)[nH]4)[nH]3.[Mg]. The fourth-order valence-electron chi connectivity index (χ4n) is 3.65. The van der Waals surface area contributed by atoms with Crippen LogP contribution in [0.3, 0.4) is 0 Å². The Balaban J connectivity index is 0.00000193. The fourth-order valence-corrected chi connectivity index (χ4v) is 4.41. The molecular weight excluding hydrogens is 401 g/mol. The molecular formula is C24H16MgN4S. The molecule has 0 amide bonds. The van der Waals surface area contributed by atoms with Crippen molar-refractivity contribution >= 4 is 80.8 Å². The van der Waals surface area contributed by atoms with Crippen LogP contribution < -0.4 is 0 Å². The Morgan fingerprint density at radius 2 is 1.30 bits per heavy atom. The third-order valence-corrected chi connectivity index (χ3v) is 5.86. The summed E-state index contributed by atoms with van der Waals surface area (Å²) >= 11 is 1.74. The van der Waals surface area contributed by atoms with Gasteiger partial charge in [-0.2, -0.15) is 0 Å². The Hall–Kier alpha value is -2.93. The minimum Gasteiger partial charge on any atom is -0.355 e. The van der Waals surface area contributed by atoms with Gasteiger partial charge in [0.25, 0.3) is 0 Å². The predicted octanol–water partition coefficient (Wildman–Crippen LogP) is 6.00. The van der Waals surface area contributed by atoms with E-state index in [-0.39, 0.29) is 23.1 Å². The van der Waals surface area contributed by atoms with Crippen LogP contribution in [0.15, 0.2) is 60.0 Å². The van der Waals surface area contributed by atoms with Gasteiger partial charge in [0.15, 0.2) is 0 Å². The first-order chi connectivity index (χ1) is 14.3. The number of hydrogen-bond acceptors (Lipinski definition) is 3. The summed E-state index contributed by atoms with van der Waals surface area (Å²) in [7, 11) is 0. The van der Waals surface area contributed by atoms with Gasteiger partial charge in [-0.1, -0.05) is 6.07 Å². The molecule has 0 saturated carbocycles. The van der Waals surface area contributed by atoms with Crippen molar-refractivity contribution in [2.45, 2.75) is 0 Å². The van der Waals surface area contributed by atoms with E-state index in [1.807, 2.05) is 30.4 Å². The summed E-state index contributed by atoms with van der Waals surface area (Å²) in [5, 5.41) is 2.10. The molecule has 0 unspecified atom stereocenters. The van der Waals surface area contributed by atoms with Gasteiger partial charge >= 0.3 is 0 Å². The van der Waals surface area contributed by atoms with E-state index in [2.05, 4.69) is 68.9 Å². The molecule has 4 aromatic heterocycles. The van der Waals surface area contributed by atoms with E-state index < -0.39 is 0 Å². The summed E-state index contributed by atoms with van der Waals surface area (Å²) in [6, 6.07) is 18.9. The lowest BCUT2D eigenvalue weighted by Crippen LogP contribution is -1.77. The zero-order chi connectivity index (χ0) is 19.2. The van der Waals surface area contributed by atoms with Crippen molar-refractivity contribution in [3.63, 3.8) is 0 Å². The largest absolute Gasteiger partial charge is 0.355 e. The zero-order valence-corrected chi connectivity index (χ0v) is 18.3. The van der Waals surface area contributed by atoms with Gasteiger partial charge in [0.2, 0.25) is 0 Å². The standard InChI is InChI=1S/C24H16N4S.Mg/c1-2-24(29-9-1)22-13-21-12-19-6-5-17(26-19)10-15-3-4-16(25-15)11-18-7-8-20(27-18)14-23(22)28-21;/h1-14,26,28H;. The van der Waals surface area contributed by atoms with Gasteiger partial charge in [0.1, 0.15) is 0 Å². The number of H-pyrrole nitrogens is 2. The average molecular weight is 417 g/mol. The Labute approximate surface area is 193 Å². The van der Waals surface area contributed by atoms with Crippen molar-refractivity contribution in [3.8, 4) is 10.4 Å². The maximum atomic E-state index is 4.75. The lowest BCUT2D eigenvalue weighted by atomic mass is 10.2. The number of thiophene rings is 1. The molecule has 0 saturated heterocycles. The summed E-state index contributed by atoms with van der Waals surface area (Å²) in [6.07, 6.45) is 8.11. The second kappa shape index (κ2) is 7.72. The van der Waals surface area contributed by atoms with Gasteiger partial charge in [0.05, 0.1) is 22.8 Å². The molecule has 0 atom stereocenters. The van der Waals surface area contributed by atoms with Gasteiger partial charge in [-0.15, -0.1) is 11.3 Å². The monoisotopic (exact) mass is 416 g/mol. The quantitative estimate of drug-likeness (QED) is 0.323. The Bertz CT molecular complexity index is 1460. The van der Waals surface area contributed by atoms with Gasteiger partial charge in [0, 0.05) is 55.6 Å². The van der Waals surface area contributed by atoms with Crippen LogP contribution in [-0.4, -0.2) is 43.0 Å². The van der Waals surface area contributed by atoms with E-state index in [0.29, 0.717) is 0 Å². The van der Waals surface area contributed by atoms with E-state index in [1.165, 1.54) is 10.4 Å². The Morgan fingerprint density at radius 1 is 0.633 bits per heavy atom. The van der Waals surface area contributed by atoms with Crippen LogP contribution in [-0.2, 0) is 0 Å². The van der Waals surface area contributed by atoms with Gasteiger partial charge in [-0.3, -0.25) is 0 Å². The van der Waals surface area contributed by atoms with Crippen molar-refractivity contribution in [2.24, 2.45) is 0 Å². The first-order valence-electron chi connectivity index (χ1n) is 9.41. The van der Waals surface area contributed by atoms with Crippen LogP contribution in [0.5, 0.6) is 0 Å². The van der Waals surface area contributed by atoms with Crippen molar-refractivity contribution in [1.29, 1.82) is 0 Å². The molecule has 6 heteroatoms. The smallest absolute Gasteiger partial charge is 0.0659 e. The third-order valence-electron chi connectivity index (χ3n) is 4.96. The number of hydrogen-bond donors (Lipinski definition) is 2. The second-order valence-corrected chi connectivity index (χ2v) is 8.01. The molecule has 2 aliphatic heterocycles. The molecule has 2 N–H and O–H groups in total. The normalized spacial score (nSPS) is 12.1. The lowest BCUT2D eigenvalue weighted by molar-refractivity contribution is 1.28. The number of aromatic amines is 2. The van der Waals surface area contributed by atoms with Gasteiger partial charge in [-0.25, -0.2) is 9.97 Å². The molecule has 0 aromatic carbocycles. The van der Waals surface area contributed by atoms with E-state index >= 15 is 0 Å². The van der Waals surface area contributed by atoms with Crippen molar-refractivity contribution in [1.82, 2.24) is 19.9 Å². The van der Waals surface area contributed by atoms with E-state index in [9.17, 15) is 0 Å². The molecule has 6 heterocycles. The molecule has 0 spiro atoms. The minimum atomic E-state index is 0. The maximum absolute atomic E-state index is 4.75. The molecule has 8 bridgehead atoms. The van der Waals surface area contributed by atoms with E-state index in [0.717, 1.165) is 44.8 Å². The number of rotatable bonds is 1. The fraction of sp³-hybridized carbons (Fsp3) is 0. The summed E-state index contributed by atoms with van der Waals surface area (Å²) < 4.78 is 0. The van der Waals surface area contributed by atoms with Crippen LogP contribution in [0, 0.1) is 0 Å². The molecule has 140 valence electrons. The van der Waals surface area contributed by atoms with E-state index in [4.69, 9.17) is 4.98 Å². The number of nitrogens with zero attached hydrogens (tertiary/aromatic N) is 2. The van der Waals surface area contributed by atoms with Crippen LogP contribution >= 0.6 is 11.3 Å². The molecule has 6 rings (SSSR count). The van der Waals surface area contributed by atoms with Gasteiger partial charge < -0.3 is 9.97 Å². The molecule has 4 nitrogen and oxygen atoms in total. The first-order valence-corrected chi connectivity index (χ1v) is 10.3. The highest BCUT2D eigenvalue weighted by Gasteiger charge is 2.07. The van der Waals surface area contributed by atoms with Gasteiger partial charge in [-0.05, 0) is 78.2 Å². The number of nitrogens with one attached hydrogen (secondary N) is 2. The second-order valence-electron chi connectivity index (χ2n) is 7.07. The van der Waals surface area contributed by atoms with Crippen molar-refractivity contribution in [2.75, 3.05) is 0 Å². The summed E-state index contributed by atoms with van der Waals surface area (Å²) in [6.45, 7) is 0. The number of aromatic nitrogens is 4. The molecule has 4 aromatic rings. The Morgan fingerprint density at radius 3 is 2.00 bits per heavy atom. The summed E-state index contributed by atoms with van der Waals surface area (Å²) in [5.74, 6) is 0. The van der Waals surface area contributed by atoms with Crippen molar-refractivity contribution < 1.29 is 0 Å². The van der Waals surface area contributed by atoms with E-state index in [1.54, 1.807) is 11.3 Å². The molecule has 30 heavy (non-hydrogen) atoms. The lowest BCUT2D eigenvalue weighted by Gasteiger charge is -1.92. The maximum Gasteiger partial charge on any atom is 0.0659 e. The van der Waals surface area contributed by atoms with Crippen LogP contribution in [0.4, 0.5) is 0 Å². The predicted molar refractivity (Wildman–Crippen MR) is 128 cm³/mol. The highest BCUT2D eigenvalue weighted by molar-refractivity contribution is 7.13. The van der Waals surface area contributed by atoms with Crippen LogP contribution in [0.2, 0.25) is 0 Å². The molecule has 0 aliphatic carbocycles. The highest BCUT2D eigenvalue weighted by Crippen LogP contribution is 2.30. The molecule has 2 aliphatic rings. The third kappa shape index (κ3) is 3.65.